The second-order valence-electron chi connectivity index (χ2n) is 5.94. The first-order valence-corrected chi connectivity index (χ1v) is 9.21. The summed E-state index contributed by atoms with van der Waals surface area (Å²) in [7, 11) is 0. The number of pyridine rings is 1. The fourth-order valence-corrected chi connectivity index (χ4v) is 3.41. The van der Waals surface area contributed by atoms with Crippen LogP contribution in [0.2, 0.25) is 0 Å². The summed E-state index contributed by atoms with van der Waals surface area (Å²) >= 11 is 1.34. The third kappa shape index (κ3) is 3.50. The summed E-state index contributed by atoms with van der Waals surface area (Å²) in [5.74, 6) is 0.223. The number of anilines is 1. The molecular formula is C20H16N4O2S. The molecule has 0 atom stereocenters. The van der Waals surface area contributed by atoms with Gasteiger partial charge in [0, 0.05) is 24.1 Å². The van der Waals surface area contributed by atoms with Gasteiger partial charge in [-0.05, 0) is 18.6 Å². The highest BCUT2D eigenvalue weighted by Crippen LogP contribution is 2.28. The van der Waals surface area contributed by atoms with Crippen molar-refractivity contribution in [3.05, 3.63) is 71.3 Å². The molecule has 1 amide bonds. The molecule has 0 fully saturated rings. The molecule has 3 aromatic heterocycles. The van der Waals surface area contributed by atoms with Gasteiger partial charge in [0.1, 0.15) is 11.4 Å². The van der Waals surface area contributed by atoms with E-state index in [-0.39, 0.29) is 11.7 Å². The molecule has 0 unspecified atom stereocenters. The van der Waals surface area contributed by atoms with Crippen molar-refractivity contribution in [1.29, 1.82) is 0 Å². The van der Waals surface area contributed by atoms with Crippen molar-refractivity contribution in [2.75, 3.05) is 5.32 Å². The fraction of sp³-hybridized carbons (Fsp3) is 0.100. The number of hydrogen-bond donors (Lipinski definition) is 1. The maximum atomic E-state index is 12.7. The van der Waals surface area contributed by atoms with Crippen molar-refractivity contribution >= 4 is 22.4 Å². The minimum atomic E-state index is -0.381. The molecule has 0 aliphatic heterocycles. The predicted octanol–water partition coefficient (Wildman–Crippen LogP) is 4.73. The Kier molecular flexibility index (Phi) is 4.52. The van der Waals surface area contributed by atoms with Gasteiger partial charge in [-0.3, -0.25) is 15.1 Å². The zero-order chi connectivity index (χ0) is 18.8. The van der Waals surface area contributed by atoms with Crippen molar-refractivity contribution in [3.63, 3.8) is 0 Å². The second kappa shape index (κ2) is 7.13. The molecule has 134 valence electrons. The summed E-state index contributed by atoms with van der Waals surface area (Å²) in [6.45, 7) is 3.69. The van der Waals surface area contributed by atoms with E-state index in [1.165, 1.54) is 11.3 Å². The monoisotopic (exact) mass is 376 g/mol. The van der Waals surface area contributed by atoms with E-state index in [1.54, 1.807) is 13.1 Å². The average Bonchev–Trinajstić information content (AvgIpc) is 3.29. The minimum absolute atomic E-state index is 0.171. The van der Waals surface area contributed by atoms with E-state index in [4.69, 9.17) is 4.42 Å². The van der Waals surface area contributed by atoms with Crippen LogP contribution in [0, 0.1) is 13.8 Å². The minimum Gasteiger partial charge on any atom is -0.435 e. The van der Waals surface area contributed by atoms with Gasteiger partial charge in [-0.25, -0.2) is 9.97 Å². The number of carbonyl (C=O) groups is 1. The molecular weight excluding hydrogens is 360 g/mol. The Labute approximate surface area is 160 Å². The summed E-state index contributed by atoms with van der Waals surface area (Å²) in [4.78, 5) is 25.9. The number of nitrogens with zero attached hydrogens (tertiary/aromatic N) is 3. The number of oxazole rings is 1. The lowest BCUT2D eigenvalue weighted by molar-refractivity contribution is 0.0996. The molecule has 7 heteroatoms. The van der Waals surface area contributed by atoms with Gasteiger partial charge in [0.25, 0.3) is 5.91 Å². The molecule has 0 aliphatic rings. The van der Waals surface area contributed by atoms with Gasteiger partial charge in [-0.15, -0.1) is 11.3 Å². The van der Waals surface area contributed by atoms with E-state index in [0.717, 1.165) is 22.5 Å². The van der Waals surface area contributed by atoms with Crippen molar-refractivity contribution in [2.45, 2.75) is 13.8 Å². The second-order valence-corrected chi connectivity index (χ2v) is 6.80. The SMILES string of the molecule is Cc1nc(-c2ccccc2)c(C(=O)Nc2nc(-c3ncccc3C)cs2)o1. The van der Waals surface area contributed by atoms with Crippen molar-refractivity contribution in [3.8, 4) is 22.6 Å². The van der Waals surface area contributed by atoms with Crippen LogP contribution in [0.4, 0.5) is 5.13 Å². The van der Waals surface area contributed by atoms with E-state index in [1.807, 2.05) is 54.8 Å². The maximum Gasteiger partial charge on any atom is 0.295 e. The molecule has 0 bridgehead atoms. The lowest BCUT2D eigenvalue weighted by Crippen LogP contribution is -2.12. The first kappa shape index (κ1) is 17.1. The third-order valence-electron chi connectivity index (χ3n) is 3.96. The van der Waals surface area contributed by atoms with Crippen LogP contribution in [0.1, 0.15) is 22.0 Å². The van der Waals surface area contributed by atoms with Crippen molar-refractivity contribution in [1.82, 2.24) is 15.0 Å². The Morgan fingerprint density at radius 2 is 1.85 bits per heavy atom. The van der Waals surface area contributed by atoms with Crippen LogP contribution in [-0.2, 0) is 0 Å². The highest BCUT2D eigenvalue weighted by molar-refractivity contribution is 7.14. The zero-order valence-electron chi connectivity index (χ0n) is 14.8. The Bertz CT molecular complexity index is 1100. The van der Waals surface area contributed by atoms with Gasteiger partial charge in [-0.1, -0.05) is 36.4 Å². The van der Waals surface area contributed by atoms with E-state index in [9.17, 15) is 4.79 Å². The fourth-order valence-electron chi connectivity index (χ4n) is 2.72. The highest BCUT2D eigenvalue weighted by atomic mass is 32.1. The lowest BCUT2D eigenvalue weighted by atomic mass is 10.1. The maximum absolute atomic E-state index is 12.7. The molecule has 0 saturated heterocycles. The molecule has 0 saturated carbocycles. The molecule has 3 heterocycles. The summed E-state index contributed by atoms with van der Waals surface area (Å²) in [6.07, 6.45) is 1.73. The first-order chi connectivity index (χ1) is 13.1. The molecule has 4 aromatic rings. The number of nitrogens with one attached hydrogen (secondary N) is 1. The van der Waals surface area contributed by atoms with Gasteiger partial charge in [0.05, 0.1) is 5.69 Å². The molecule has 1 N–H and O–H groups in total. The average molecular weight is 376 g/mol. The number of amides is 1. The third-order valence-corrected chi connectivity index (χ3v) is 4.72. The van der Waals surface area contributed by atoms with Gasteiger partial charge in [-0.2, -0.15) is 0 Å². The molecule has 0 aliphatic carbocycles. The van der Waals surface area contributed by atoms with Crippen LogP contribution in [0.5, 0.6) is 0 Å². The molecule has 0 spiro atoms. The predicted molar refractivity (Wildman–Crippen MR) is 105 cm³/mol. The number of rotatable bonds is 4. The number of aryl methyl sites for hydroxylation is 2. The molecule has 1 aromatic carbocycles. The largest absolute Gasteiger partial charge is 0.435 e. The summed E-state index contributed by atoms with van der Waals surface area (Å²) < 4.78 is 5.55. The van der Waals surface area contributed by atoms with E-state index in [2.05, 4.69) is 20.3 Å². The van der Waals surface area contributed by atoms with Gasteiger partial charge in [0.15, 0.2) is 11.0 Å². The number of carbonyl (C=O) groups excluding carboxylic acids is 1. The molecule has 4 rings (SSSR count). The Morgan fingerprint density at radius 3 is 2.63 bits per heavy atom. The lowest BCUT2D eigenvalue weighted by Gasteiger charge is -2.02. The van der Waals surface area contributed by atoms with Gasteiger partial charge < -0.3 is 4.42 Å². The van der Waals surface area contributed by atoms with E-state index in [0.29, 0.717) is 16.7 Å². The molecule has 6 nitrogen and oxygen atoms in total. The Balaban J connectivity index is 1.60. The molecule has 0 radical (unpaired) electrons. The zero-order valence-corrected chi connectivity index (χ0v) is 15.6. The molecule has 27 heavy (non-hydrogen) atoms. The van der Waals surface area contributed by atoms with Crippen LogP contribution >= 0.6 is 11.3 Å². The van der Waals surface area contributed by atoms with Crippen LogP contribution in [-0.4, -0.2) is 20.9 Å². The van der Waals surface area contributed by atoms with E-state index >= 15 is 0 Å². The van der Waals surface area contributed by atoms with Crippen LogP contribution in [0.25, 0.3) is 22.6 Å². The van der Waals surface area contributed by atoms with Crippen molar-refractivity contribution in [2.24, 2.45) is 0 Å². The number of aromatic nitrogens is 3. The summed E-state index contributed by atoms with van der Waals surface area (Å²) in [6, 6.07) is 13.3. The summed E-state index contributed by atoms with van der Waals surface area (Å²) in [5.41, 5.74) is 3.89. The van der Waals surface area contributed by atoms with Crippen LogP contribution in [0.15, 0.2) is 58.5 Å². The van der Waals surface area contributed by atoms with Gasteiger partial charge in [0.2, 0.25) is 5.76 Å². The van der Waals surface area contributed by atoms with Gasteiger partial charge >= 0.3 is 0 Å². The normalized spacial score (nSPS) is 10.7. The first-order valence-electron chi connectivity index (χ1n) is 8.33. The number of benzene rings is 1. The number of hydrogen-bond acceptors (Lipinski definition) is 6. The quantitative estimate of drug-likeness (QED) is 0.557. The highest BCUT2D eigenvalue weighted by Gasteiger charge is 2.21. The number of thiazole rings is 1. The van der Waals surface area contributed by atoms with Crippen LogP contribution in [0.3, 0.4) is 0 Å². The smallest absolute Gasteiger partial charge is 0.295 e. The standard InChI is InChI=1S/C20H16N4O2S/c1-12-7-6-10-21-16(12)15-11-27-20(23-15)24-19(25)18-17(22-13(2)26-18)14-8-4-3-5-9-14/h3-11H,1-2H3,(H,23,24,25). The summed E-state index contributed by atoms with van der Waals surface area (Å²) in [5, 5.41) is 5.15. The van der Waals surface area contributed by atoms with Crippen molar-refractivity contribution < 1.29 is 9.21 Å². The Morgan fingerprint density at radius 1 is 1.04 bits per heavy atom. The topological polar surface area (TPSA) is 80.9 Å². The van der Waals surface area contributed by atoms with E-state index < -0.39 is 0 Å². The Hall–Kier alpha value is -3.32. The van der Waals surface area contributed by atoms with Crippen LogP contribution < -0.4 is 5.32 Å².